The number of nitrogens with zero attached hydrogens (tertiary/aromatic N) is 2. The van der Waals surface area contributed by atoms with Gasteiger partial charge in [-0.2, -0.15) is 5.10 Å². The minimum Gasteiger partial charge on any atom is -0.396 e. The molecule has 1 rings (SSSR count). The van der Waals surface area contributed by atoms with E-state index in [0.29, 0.717) is 12.5 Å². The van der Waals surface area contributed by atoms with Crippen LogP contribution >= 0.6 is 0 Å². The average Bonchev–Trinajstić information content (AvgIpc) is 2.68. The molecule has 5 nitrogen and oxygen atoms in total. The molecule has 1 heterocycles. The van der Waals surface area contributed by atoms with Crippen molar-refractivity contribution in [3.05, 3.63) is 5.69 Å². The number of aryl methyl sites for hydroxylation is 1. The molecule has 1 aromatic rings. The van der Waals surface area contributed by atoms with Crippen LogP contribution in [0.4, 0.5) is 11.5 Å². The summed E-state index contributed by atoms with van der Waals surface area (Å²) in [5.41, 5.74) is 7.70. The Balaban J connectivity index is 2.89. The molecular formula is C14H28N4O. The topological polar surface area (TPSA) is 76.1 Å². The highest BCUT2D eigenvalue weighted by molar-refractivity contribution is 5.65. The van der Waals surface area contributed by atoms with Crippen LogP contribution in [0.25, 0.3) is 0 Å². The smallest absolute Gasteiger partial charge is 0.147 e. The minimum atomic E-state index is -0.0886. The van der Waals surface area contributed by atoms with E-state index >= 15 is 0 Å². The largest absolute Gasteiger partial charge is 0.396 e. The number of nitrogens with two attached hydrogens (primary N) is 1. The molecule has 0 aromatic carbocycles. The molecule has 0 saturated carbocycles. The third-order valence-electron chi connectivity index (χ3n) is 4.13. The van der Waals surface area contributed by atoms with E-state index in [1.807, 2.05) is 7.05 Å². The summed E-state index contributed by atoms with van der Waals surface area (Å²) < 4.78 is 1.79. The van der Waals surface area contributed by atoms with Gasteiger partial charge in [-0.05, 0) is 18.8 Å². The van der Waals surface area contributed by atoms with Crippen molar-refractivity contribution in [2.24, 2.45) is 12.5 Å². The summed E-state index contributed by atoms with van der Waals surface area (Å²) in [6.45, 7) is 9.26. The minimum absolute atomic E-state index is 0.0886. The first-order valence-electron chi connectivity index (χ1n) is 7.07. The van der Waals surface area contributed by atoms with E-state index in [-0.39, 0.29) is 12.0 Å². The molecule has 0 unspecified atom stereocenters. The van der Waals surface area contributed by atoms with E-state index in [9.17, 15) is 5.11 Å². The maximum Gasteiger partial charge on any atom is 0.147 e. The molecule has 110 valence electrons. The number of aliphatic hydroxyl groups is 1. The Morgan fingerprint density at radius 3 is 2.32 bits per heavy atom. The van der Waals surface area contributed by atoms with Crippen molar-refractivity contribution in [2.45, 2.75) is 46.5 Å². The second-order valence-electron chi connectivity index (χ2n) is 5.64. The van der Waals surface area contributed by atoms with Crippen LogP contribution in [0.15, 0.2) is 0 Å². The maximum absolute atomic E-state index is 9.59. The van der Waals surface area contributed by atoms with Gasteiger partial charge in [-0.1, -0.05) is 27.7 Å². The highest BCUT2D eigenvalue weighted by atomic mass is 16.3. The van der Waals surface area contributed by atoms with Crippen molar-refractivity contribution in [1.82, 2.24) is 9.78 Å². The predicted octanol–water partition coefficient (Wildman–Crippen LogP) is 2.34. The molecule has 5 heteroatoms. The Kier molecular flexibility index (Phi) is 5.23. The number of aliphatic hydroxyl groups excluding tert-OH is 1. The van der Waals surface area contributed by atoms with Crippen LogP contribution in [0.1, 0.15) is 52.1 Å². The summed E-state index contributed by atoms with van der Waals surface area (Å²) >= 11 is 0. The van der Waals surface area contributed by atoms with Gasteiger partial charge in [0.05, 0.1) is 18.0 Å². The number of hydrogen-bond acceptors (Lipinski definition) is 4. The number of anilines is 2. The normalized spacial score (nSPS) is 12.2. The molecule has 4 N–H and O–H groups in total. The summed E-state index contributed by atoms with van der Waals surface area (Å²) in [6.07, 6.45) is 1.86. The molecule has 0 aliphatic carbocycles. The maximum atomic E-state index is 9.59. The molecule has 0 bridgehead atoms. The van der Waals surface area contributed by atoms with Crippen molar-refractivity contribution < 1.29 is 5.11 Å². The first-order chi connectivity index (χ1) is 8.90. The lowest BCUT2D eigenvalue weighted by Gasteiger charge is -2.30. The van der Waals surface area contributed by atoms with Crippen LogP contribution in [0.3, 0.4) is 0 Å². The van der Waals surface area contributed by atoms with Gasteiger partial charge in [-0.25, -0.2) is 0 Å². The van der Waals surface area contributed by atoms with E-state index < -0.39 is 0 Å². The summed E-state index contributed by atoms with van der Waals surface area (Å²) in [4.78, 5) is 0. The standard InChI is InChI=1S/C14H28N4O/c1-6-14(7-2,9-19)8-16-13-11(15)12(10(3)4)17-18(13)5/h10,16,19H,6-9,15H2,1-5H3. The number of nitrogen functional groups attached to an aromatic ring is 1. The van der Waals surface area contributed by atoms with Crippen molar-refractivity contribution in [2.75, 3.05) is 24.2 Å². The van der Waals surface area contributed by atoms with Crippen LogP contribution < -0.4 is 11.1 Å². The van der Waals surface area contributed by atoms with E-state index in [0.717, 1.165) is 30.0 Å². The van der Waals surface area contributed by atoms with Gasteiger partial charge >= 0.3 is 0 Å². The molecule has 1 aromatic heterocycles. The summed E-state index contributed by atoms with van der Waals surface area (Å²) in [5, 5.41) is 17.4. The first kappa shape index (κ1) is 15.8. The molecule has 0 aliphatic rings. The zero-order valence-electron chi connectivity index (χ0n) is 12.8. The van der Waals surface area contributed by atoms with E-state index in [1.54, 1.807) is 4.68 Å². The second kappa shape index (κ2) is 6.28. The number of rotatable bonds is 7. The molecule has 0 saturated heterocycles. The third-order valence-corrected chi connectivity index (χ3v) is 4.13. The Morgan fingerprint density at radius 1 is 1.37 bits per heavy atom. The summed E-state index contributed by atoms with van der Waals surface area (Å²) in [6, 6.07) is 0. The molecule has 19 heavy (non-hydrogen) atoms. The van der Waals surface area contributed by atoms with Gasteiger partial charge in [-0.15, -0.1) is 0 Å². The Bertz CT molecular complexity index is 400. The van der Waals surface area contributed by atoms with Crippen molar-refractivity contribution >= 4 is 11.5 Å². The van der Waals surface area contributed by atoms with E-state index in [4.69, 9.17) is 5.73 Å². The van der Waals surface area contributed by atoms with E-state index in [1.165, 1.54) is 0 Å². The van der Waals surface area contributed by atoms with Crippen molar-refractivity contribution in [1.29, 1.82) is 0 Å². The van der Waals surface area contributed by atoms with Gasteiger partial charge in [0, 0.05) is 19.0 Å². The van der Waals surface area contributed by atoms with Gasteiger partial charge in [-0.3, -0.25) is 4.68 Å². The molecular weight excluding hydrogens is 240 g/mol. The fraction of sp³-hybridized carbons (Fsp3) is 0.786. The fourth-order valence-electron chi connectivity index (χ4n) is 2.25. The monoisotopic (exact) mass is 268 g/mol. The second-order valence-corrected chi connectivity index (χ2v) is 5.64. The van der Waals surface area contributed by atoms with Gasteiger partial charge in [0.25, 0.3) is 0 Å². The molecule has 0 amide bonds. The fourth-order valence-corrected chi connectivity index (χ4v) is 2.25. The van der Waals surface area contributed by atoms with Crippen LogP contribution in [-0.4, -0.2) is 28.0 Å². The van der Waals surface area contributed by atoms with Gasteiger partial charge in [0.2, 0.25) is 0 Å². The van der Waals surface area contributed by atoms with Crippen molar-refractivity contribution in [3.8, 4) is 0 Å². The van der Waals surface area contributed by atoms with Crippen LogP contribution in [-0.2, 0) is 7.05 Å². The lowest BCUT2D eigenvalue weighted by molar-refractivity contribution is 0.127. The third kappa shape index (κ3) is 3.21. The summed E-state index contributed by atoms with van der Waals surface area (Å²) in [5.74, 6) is 1.16. The Hall–Kier alpha value is -1.23. The SMILES string of the molecule is CCC(CC)(CO)CNc1c(N)c(C(C)C)nn1C. The van der Waals surface area contributed by atoms with Gasteiger partial charge in [0.15, 0.2) is 0 Å². The van der Waals surface area contributed by atoms with Crippen molar-refractivity contribution in [3.63, 3.8) is 0 Å². The highest BCUT2D eigenvalue weighted by Gasteiger charge is 2.26. The summed E-state index contributed by atoms with van der Waals surface area (Å²) in [7, 11) is 1.89. The molecule has 0 atom stereocenters. The Morgan fingerprint density at radius 2 is 1.95 bits per heavy atom. The van der Waals surface area contributed by atoms with E-state index in [2.05, 4.69) is 38.1 Å². The zero-order chi connectivity index (χ0) is 14.6. The lowest BCUT2D eigenvalue weighted by Crippen LogP contribution is -2.33. The van der Waals surface area contributed by atoms with Gasteiger partial charge < -0.3 is 16.2 Å². The molecule has 0 fully saturated rings. The first-order valence-corrected chi connectivity index (χ1v) is 7.07. The van der Waals surface area contributed by atoms with Crippen LogP contribution in [0, 0.1) is 5.41 Å². The van der Waals surface area contributed by atoms with Crippen LogP contribution in [0.5, 0.6) is 0 Å². The predicted molar refractivity (Wildman–Crippen MR) is 80.3 cm³/mol. The average molecular weight is 268 g/mol. The quantitative estimate of drug-likeness (QED) is 0.709. The number of hydrogen-bond donors (Lipinski definition) is 3. The Labute approximate surface area is 116 Å². The molecule has 0 aliphatic heterocycles. The van der Waals surface area contributed by atoms with Gasteiger partial charge in [0.1, 0.15) is 5.82 Å². The molecule has 0 spiro atoms. The highest BCUT2D eigenvalue weighted by Crippen LogP contribution is 2.30. The number of nitrogens with one attached hydrogen (secondary N) is 1. The lowest BCUT2D eigenvalue weighted by atomic mass is 9.83. The molecule has 0 radical (unpaired) electrons. The zero-order valence-corrected chi connectivity index (χ0v) is 12.8. The number of aromatic nitrogens is 2. The van der Waals surface area contributed by atoms with Crippen LogP contribution in [0.2, 0.25) is 0 Å².